The van der Waals surface area contributed by atoms with E-state index in [9.17, 15) is 0 Å². The van der Waals surface area contributed by atoms with E-state index in [0.717, 1.165) is 23.7 Å². The summed E-state index contributed by atoms with van der Waals surface area (Å²) in [5.74, 6) is 4.41. The molecule has 0 bridgehead atoms. The van der Waals surface area contributed by atoms with Gasteiger partial charge >= 0.3 is 0 Å². The predicted molar refractivity (Wildman–Crippen MR) is 133 cm³/mol. The summed E-state index contributed by atoms with van der Waals surface area (Å²) in [6.45, 7) is 4.68. The van der Waals surface area contributed by atoms with Crippen molar-refractivity contribution in [2.75, 3.05) is 0 Å². The Morgan fingerprint density at radius 3 is 1.07 bits per heavy atom. The highest BCUT2D eigenvalue weighted by atomic mass is 14.3. The fourth-order valence-corrected chi connectivity index (χ4v) is 5.79. The topological polar surface area (TPSA) is 0 Å². The first-order chi connectivity index (χ1) is 12.3. The Hall–Kier alpha value is 0. The van der Waals surface area contributed by atoms with Crippen molar-refractivity contribution in [2.45, 2.75) is 158 Å². The molecule has 2 atom stereocenters. The fourth-order valence-electron chi connectivity index (χ4n) is 5.79. The third kappa shape index (κ3) is 12.5. The lowest BCUT2D eigenvalue weighted by Gasteiger charge is -2.35. The lowest BCUT2D eigenvalue weighted by Crippen LogP contribution is -2.22. The van der Waals surface area contributed by atoms with Gasteiger partial charge in [-0.05, 0) is 30.1 Å². The van der Waals surface area contributed by atoms with Crippen molar-refractivity contribution in [3.05, 3.63) is 0 Å². The number of hydrogen-bond donors (Lipinski definition) is 0. The first kappa shape index (κ1) is 30.2. The highest BCUT2D eigenvalue weighted by Gasteiger charge is 2.26. The van der Waals surface area contributed by atoms with E-state index in [-0.39, 0.29) is 22.3 Å². The van der Waals surface area contributed by atoms with Gasteiger partial charge in [-0.25, -0.2) is 0 Å². The average molecular weight is 397 g/mol. The summed E-state index contributed by atoms with van der Waals surface area (Å²) < 4.78 is 0. The van der Waals surface area contributed by atoms with Crippen LogP contribution < -0.4 is 0 Å². The Bertz CT molecular complexity index is 262. The standard InChI is InChI=1S/C10H18.C8H16.C7H14.3CH4/c1-2-6-10-8-4-3-7-9(10)5-1;1-3-8-5-4-7(2)6-8;1-2-4-6-7-5-3-1;;;/h9-10H,1-8H2;7-8H,3-6H2,1-2H3;1-7H2;3*1H4. The molecule has 4 aliphatic carbocycles. The van der Waals surface area contributed by atoms with Gasteiger partial charge in [-0.15, -0.1) is 0 Å². The van der Waals surface area contributed by atoms with Crippen LogP contribution in [0.15, 0.2) is 0 Å². The number of hydrogen-bond acceptors (Lipinski definition) is 0. The van der Waals surface area contributed by atoms with Crippen LogP contribution in [0.25, 0.3) is 0 Å². The Morgan fingerprint density at radius 1 is 0.500 bits per heavy atom. The van der Waals surface area contributed by atoms with Gasteiger partial charge in [0.15, 0.2) is 0 Å². The maximum absolute atomic E-state index is 2.37. The van der Waals surface area contributed by atoms with Crippen LogP contribution >= 0.6 is 0 Å². The van der Waals surface area contributed by atoms with Gasteiger partial charge in [0, 0.05) is 0 Å². The Labute approximate surface area is 182 Å². The molecule has 4 fully saturated rings. The van der Waals surface area contributed by atoms with Crippen LogP contribution in [-0.4, -0.2) is 0 Å². The molecule has 0 aromatic rings. The van der Waals surface area contributed by atoms with Crippen LogP contribution in [0.3, 0.4) is 0 Å². The van der Waals surface area contributed by atoms with E-state index in [1.807, 2.05) is 0 Å². The van der Waals surface area contributed by atoms with E-state index in [2.05, 4.69) is 13.8 Å². The Balaban J connectivity index is 0. The zero-order chi connectivity index (χ0) is 17.7. The molecule has 0 heterocycles. The highest BCUT2D eigenvalue weighted by molar-refractivity contribution is 4.78. The van der Waals surface area contributed by atoms with Gasteiger partial charge in [0.2, 0.25) is 0 Å². The van der Waals surface area contributed by atoms with Gasteiger partial charge in [0.05, 0.1) is 0 Å². The molecule has 0 heteroatoms. The molecule has 0 spiro atoms. The summed E-state index contributed by atoms with van der Waals surface area (Å²) in [6, 6.07) is 0. The van der Waals surface area contributed by atoms with E-state index in [1.54, 1.807) is 25.7 Å². The normalized spacial score (nSPS) is 31.5. The summed E-state index contributed by atoms with van der Waals surface area (Å²) in [5.41, 5.74) is 0. The summed E-state index contributed by atoms with van der Waals surface area (Å²) in [6.07, 6.45) is 28.7. The highest BCUT2D eigenvalue weighted by Crippen LogP contribution is 2.40. The summed E-state index contributed by atoms with van der Waals surface area (Å²) >= 11 is 0. The molecule has 0 saturated heterocycles. The largest absolute Gasteiger partial charge is 0.0776 e. The molecule has 172 valence electrons. The second-order valence-electron chi connectivity index (χ2n) is 9.76. The minimum Gasteiger partial charge on any atom is -0.0776 e. The quantitative estimate of drug-likeness (QED) is 0.386. The molecule has 0 nitrogen and oxygen atoms in total. The monoisotopic (exact) mass is 396 g/mol. The smallest absolute Gasteiger partial charge is 0.0386 e. The molecule has 0 aromatic heterocycles. The Morgan fingerprint density at radius 2 is 0.857 bits per heavy atom. The van der Waals surface area contributed by atoms with Crippen molar-refractivity contribution in [3.63, 3.8) is 0 Å². The average Bonchev–Trinajstić information content (AvgIpc) is 2.89. The molecule has 28 heavy (non-hydrogen) atoms. The van der Waals surface area contributed by atoms with E-state index < -0.39 is 0 Å². The molecule has 0 aromatic carbocycles. The maximum Gasteiger partial charge on any atom is -0.0386 e. The number of rotatable bonds is 1. The maximum atomic E-state index is 2.37. The zero-order valence-corrected chi connectivity index (χ0v) is 17.7. The minimum atomic E-state index is 0. The van der Waals surface area contributed by atoms with Gasteiger partial charge < -0.3 is 0 Å². The molecule has 4 saturated carbocycles. The van der Waals surface area contributed by atoms with Gasteiger partial charge in [0.1, 0.15) is 0 Å². The first-order valence-corrected chi connectivity index (χ1v) is 12.3. The van der Waals surface area contributed by atoms with Gasteiger partial charge in [-0.2, -0.15) is 0 Å². The van der Waals surface area contributed by atoms with Crippen molar-refractivity contribution in [1.29, 1.82) is 0 Å². The van der Waals surface area contributed by atoms with Crippen molar-refractivity contribution < 1.29 is 0 Å². The van der Waals surface area contributed by atoms with Gasteiger partial charge in [-0.1, -0.05) is 152 Å². The van der Waals surface area contributed by atoms with E-state index in [1.165, 1.54) is 96.3 Å². The molecule has 4 rings (SSSR count). The van der Waals surface area contributed by atoms with E-state index in [4.69, 9.17) is 0 Å². The third-order valence-corrected chi connectivity index (χ3v) is 7.60. The third-order valence-electron chi connectivity index (χ3n) is 7.60. The second-order valence-corrected chi connectivity index (χ2v) is 9.76. The molecular weight excluding hydrogens is 336 g/mol. The predicted octanol–water partition coefficient (Wildman–Crippen LogP) is 10.8. The van der Waals surface area contributed by atoms with Crippen molar-refractivity contribution in [3.8, 4) is 0 Å². The Kier molecular flexibility index (Phi) is 20.5. The zero-order valence-electron chi connectivity index (χ0n) is 17.7. The lowest BCUT2D eigenvalue weighted by molar-refractivity contribution is 0.171. The molecule has 0 radical (unpaired) electrons. The summed E-state index contributed by atoms with van der Waals surface area (Å²) in [7, 11) is 0. The summed E-state index contributed by atoms with van der Waals surface area (Å²) in [5, 5.41) is 0. The molecule has 4 aliphatic rings. The van der Waals surface area contributed by atoms with Gasteiger partial charge in [0.25, 0.3) is 0 Å². The lowest BCUT2D eigenvalue weighted by atomic mass is 9.71. The molecule has 0 N–H and O–H groups in total. The van der Waals surface area contributed by atoms with Crippen LogP contribution in [0.4, 0.5) is 0 Å². The van der Waals surface area contributed by atoms with Crippen molar-refractivity contribution >= 4 is 0 Å². The second kappa shape index (κ2) is 19.0. The van der Waals surface area contributed by atoms with E-state index >= 15 is 0 Å². The first-order valence-electron chi connectivity index (χ1n) is 12.3. The SMILES string of the molecule is C.C.C.C1CCC2CCCCC2C1.C1CCCCCC1.CCC1CCC(C)C1. The fraction of sp³-hybridized carbons (Fsp3) is 1.00. The molecule has 2 unspecified atom stereocenters. The van der Waals surface area contributed by atoms with Crippen molar-refractivity contribution in [1.82, 2.24) is 0 Å². The molecular formula is C28H60. The minimum absolute atomic E-state index is 0. The molecule has 0 amide bonds. The van der Waals surface area contributed by atoms with Crippen LogP contribution in [-0.2, 0) is 0 Å². The summed E-state index contributed by atoms with van der Waals surface area (Å²) in [4.78, 5) is 0. The van der Waals surface area contributed by atoms with Crippen molar-refractivity contribution in [2.24, 2.45) is 23.7 Å². The van der Waals surface area contributed by atoms with Crippen LogP contribution in [0.1, 0.15) is 158 Å². The number of fused-ring (bicyclic) bond motifs is 1. The van der Waals surface area contributed by atoms with Gasteiger partial charge in [-0.3, -0.25) is 0 Å². The van der Waals surface area contributed by atoms with E-state index in [0.29, 0.717) is 0 Å². The van der Waals surface area contributed by atoms with Crippen LogP contribution in [0.2, 0.25) is 0 Å². The molecule has 0 aliphatic heterocycles. The van der Waals surface area contributed by atoms with Crippen LogP contribution in [0.5, 0.6) is 0 Å². The van der Waals surface area contributed by atoms with Crippen LogP contribution in [0, 0.1) is 23.7 Å².